The van der Waals surface area contributed by atoms with Crippen molar-refractivity contribution in [3.63, 3.8) is 0 Å². The Balaban J connectivity index is 1.88. The maximum absolute atomic E-state index is 13.7. The fourth-order valence-electron chi connectivity index (χ4n) is 4.04. The largest absolute Gasteiger partial charge is 0.463 e. The molecule has 1 amide bonds. The second kappa shape index (κ2) is 10.1. The predicted octanol–water partition coefficient (Wildman–Crippen LogP) is 4.56. The lowest BCUT2D eigenvalue weighted by Gasteiger charge is -2.41. The highest BCUT2D eigenvalue weighted by atomic mass is 79.9. The van der Waals surface area contributed by atoms with Crippen LogP contribution in [-0.4, -0.2) is 30.5 Å². The van der Waals surface area contributed by atoms with E-state index in [1.165, 1.54) is 7.11 Å². The first-order valence-corrected chi connectivity index (χ1v) is 11.4. The number of carbonyl (C=O) groups excluding carboxylic acids is 3. The van der Waals surface area contributed by atoms with E-state index < -0.39 is 29.3 Å². The van der Waals surface area contributed by atoms with Gasteiger partial charge in [0.2, 0.25) is 5.76 Å². The molecular weight excluding hydrogens is 498 g/mol. The number of carbonyl (C=O) groups is 3. The number of cyclic esters (lactones) is 1. The molecule has 0 bridgehead atoms. The van der Waals surface area contributed by atoms with Gasteiger partial charge in [-0.1, -0.05) is 76.6 Å². The van der Waals surface area contributed by atoms with E-state index in [0.717, 1.165) is 15.6 Å². The molecule has 1 N–H and O–H groups in total. The molecule has 0 spiro atoms. The molecule has 4 rings (SSSR count). The van der Waals surface area contributed by atoms with Gasteiger partial charge in [0.15, 0.2) is 5.54 Å². The Morgan fingerprint density at radius 3 is 2.21 bits per heavy atom. The second-order valence-corrected chi connectivity index (χ2v) is 8.81. The van der Waals surface area contributed by atoms with Crippen molar-refractivity contribution in [3.8, 4) is 0 Å². The normalized spacial score (nSPS) is 19.5. The summed E-state index contributed by atoms with van der Waals surface area (Å²) >= 11 is 3.43. The Labute approximate surface area is 205 Å². The lowest BCUT2D eigenvalue weighted by Crippen LogP contribution is -2.61. The van der Waals surface area contributed by atoms with E-state index in [4.69, 9.17) is 9.47 Å². The Kier molecular flexibility index (Phi) is 6.93. The average molecular weight is 520 g/mol. The van der Waals surface area contributed by atoms with Crippen LogP contribution in [0.25, 0.3) is 0 Å². The number of benzene rings is 3. The molecule has 0 unspecified atom stereocenters. The molecule has 2 atom stereocenters. The van der Waals surface area contributed by atoms with Gasteiger partial charge in [-0.05, 0) is 41.5 Å². The standard InChI is InChI=1S/C27H22BrNO5/c1-33-25(31)23-16-22(19-12-14-21(28)15-13-19)27(26(32)34-23,17-18-8-4-2-5-9-18)29-24(30)20-10-6-3-7-11-20/h2-16,22H,17H2,1H3,(H,29,30)/t22-,27+/m1/s1. The summed E-state index contributed by atoms with van der Waals surface area (Å²) in [7, 11) is 1.22. The van der Waals surface area contributed by atoms with E-state index in [0.29, 0.717) is 5.56 Å². The SMILES string of the molecule is COC(=O)C1=C[C@H](c2ccc(Br)cc2)[C@](Cc2ccccc2)(NC(=O)c2ccccc2)C(=O)O1. The van der Waals surface area contributed by atoms with Gasteiger partial charge in [0.1, 0.15) is 0 Å². The lowest BCUT2D eigenvalue weighted by atomic mass is 9.73. The van der Waals surface area contributed by atoms with E-state index in [-0.39, 0.29) is 12.2 Å². The maximum Gasteiger partial charge on any atom is 0.373 e. The highest BCUT2D eigenvalue weighted by Crippen LogP contribution is 2.39. The molecule has 0 aliphatic carbocycles. The Bertz CT molecular complexity index is 1220. The molecule has 0 saturated heterocycles. The minimum atomic E-state index is -1.51. The summed E-state index contributed by atoms with van der Waals surface area (Å²) < 4.78 is 11.1. The highest BCUT2D eigenvalue weighted by Gasteiger charge is 2.52. The third kappa shape index (κ3) is 4.79. The number of nitrogens with one attached hydrogen (secondary N) is 1. The molecule has 0 fully saturated rings. The van der Waals surface area contributed by atoms with Crippen molar-refractivity contribution < 1.29 is 23.9 Å². The van der Waals surface area contributed by atoms with Crippen LogP contribution in [-0.2, 0) is 25.5 Å². The second-order valence-electron chi connectivity index (χ2n) is 7.90. The smallest absolute Gasteiger partial charge is 0.373 e. The van der Waals surface area contributed by atoms with E-state index in [9.17, 15) is 14.4 Å². The number of esters is 2. The number of amides is 1. The molecule has 3 aromatic carbocycles. The monoisotopic (exact) mass is 519 g/mol. The summed E-state index contributed by atoms with van der Waals surface area (Å²) in [6, 6.07) is 25.4. The van der Waals surface area contributed by atoms with Crippen molar-refractivity contribution in [2.45, 2.75) is 17.9 Å². The van der Waals surface area contributed by atoms with Crippen LogP contribution in [0.1, 0.15) is 27.4 Å². The first kappa shape index (κ1) is 23.4. The van der Waals surface area contributed by atoms with Gasteiger partial charge in [-0.3, -0.25) is 4.79 Å². The minimum absolute atomic E-state index is 0.150. The minimum Gasteiger partial charge on any atom is -0.463 e. The summed E-state index contributed by atoms with van der Waals surface area (Å²) in [6.45, 7) is 0. The molecule has 0 saturated carbocycles. The first-order chi connectivity index (χ1) is 16.4. The summed E-state index contributed by atoms with van der Waals surface area (Å²) in [6.07, 6.45) is 1.70. The molecule has 1 aliphatic heterocycles. The molecule has 1 aliphatic rings. The zero-order valence-electron chi connectivity index (χ0n) is 18.4. The maximum atomic E-state index is 13.7. The summed E-state index contributed by atoms with van der Waals surface area (Å²) in [5.41, 5.74) is 0.440. The van der Waals surface area contributed by atoms with Crippen molar-refractivity contribution in [1.82, 2.24) is 5.32 Å². The zero-order chi connectivity index (χ0) is 24.1. The Morgan fingerprint density at radius 1 is 0.971 bits per heavy atom. The zero-order valence-corrected chi connectivity index (χ0v) is 19.9. The van der Waals surface area contributed by atoms with Crippen LogP contribution in [0.4, 0.5) is 0 Å². The van der Waals surface area contributed by atoms with Crippen molar-refractivity contribution in [2.75, 3.05) is 7.11 Å². The topological polar surface area (TPSA) is 81.7 Å². The van der Waals surface area contributed by atoms with Crippen LogP contribution >= 0.6 is 15.9 Å². The number of rotatable bonds is 6. The molecule has 6 nitrogen and oxygen atoms in total. The van der Waals surface area contributed by atoms with E-state index in [2.05, 4.69) is 21.2 Å². The van der Waals surface area contributed by atoms with Gasteiger partial charge in [-0.2, -0.15) is 0 Å². The summed E-state index contributed by atoms with van der Waals surface area (Å²) in [5, 5.41) is 2.97. The van der Waals surface area contributed by atoms with Gasteiger partial charge in [-0.15, -0.1) is 0 Å². The molecule has 3 aromatic rings. The molecule has 1 heterocycles. The molecule has 172 valence electrons. The fraction of sp³-hybridized carbons (Fsp3) is 0.148. The van der Waals surface area contributed by atoms with Crippen LogP contribution in [0.15, 0.2) is 101 Å². The van der Waals surface area contributed by atoms with Crippen LogP contribution < -0.4 is 5.32 Å². The van der Waals surface area contributed by atoms with Crippen LogP contribution in [0.3, 0.4) is 0 Å². The lowest BCUT2D eigenvalue weighted by molar-refractivity contribution is -0.156. The molecular formula is C27H22BrNO5. The quantitative estimate of drug-likeness (QED) is 0.483. The van der Waals surface area contributed by atoms with E-state index in [1.807, 2.05) is 54.6 Å². The molecule has 0 radical (unpaired) electrons. The third-order valence-corrected chi connectivity index (χ3v) is 6.26. The summed E-state index contributed by atoms with van der Waals surface area (Å²) in [4.78, 5) is 39.3. The van der Waals surface area contributed by atoms with Crippen molar-refractivity contribution in [1.29, 1.82) is 0 Å². The number of halogens is 1. The van der Waals surface area contributed by atoms with Crippen LogP contribution in [0, 0.1) is 0 Å². The van der Waals surface area contributed by atoms with Crippen LogP contribution in [0.2, 0.25) is 0 Å². The highest BCUT2D eigenvalue weighted by molar-refractivity contribution is 9.10. The van der Waals surface area contributed by atoms with Gasteiger partial charge < -0.3 is 14.8 Å². The molecule has 34 heavy (non-hydrogen) atoms. The number of ether oxygens (including phenoxy) is 2. The van der Waals surface area contributed by atoms with Crippen molar-refractivity contribution in [3.05, 3.63) is 118 Å². The molecule has 7 heteroatoms. The first-order valence-electron chi connectivity index (χ1n) is 10.6. The van der Waals surface area contributed by atoms with Gasteiger partial charge in [-0.25, -0.2) is 9.59 Å². The summed E-state index contributed by atoms with van der Waals surface area (Å²) in [5.74, 6) is -2.85. The van der Waals surface area contributed by atoms with Crippen molar-refractivity contribution in [2.24, 2.45) is 0 Å². The van der Waals surface area contributed by atoms with Gasteiger partial charge in [0.05, 0.1) is 7.11 Å². The number of hydrogen-bond acceptors (Lipinski definition) is 5. The third-order valence-electron chi connectivity index (χ3n) is 5.73. The average Bonchev–Trinajstić information content (AvgIpc) is 2.87. The van der Waals surface area contributed by atoms with Gasteiger partial charge >= 0.3 is 11.9 Å². The Hall–Kier alpha value is -3.71. The van der Waals surface area contributed by atoms with Crippen LogP contribution in [0.5, 0.6) is 0 Å². The van der Waals surface area contributed by atoms with Gasteiger partial charge in [0.25, 0.3) is 5.91 Å². The number of methoxy groups -OCH3 is 1. The fourth-order valence-corrected chi connectivity index (χ4v) is 4.31. The number of hydrogen-bond donors (Lipinski definition) is 1. The molecule has 0 aromatic heterocycles. The Morgan fingerprint density at radius 2 is 1.59 bits per heavy atom. The van der Waals surface area contributed by atoms with Gasteiger partial charge in [0, 0.05) is 22.4 Å². The van der Waals surface area contributed by atoms with Crippen molar-refractivity contribution >= 4 is 33.8 Å². The van der Waals surface area contributed by atoms with E-state index >= 15 is 0 Å². The predicted molar refractivity (Wildman–Crippen MR) is 130 cm³/mol. The van der Waals surface area contributed by atoms with E-state index in [1.54, 1.807) is 36.4 Å².